The molecule has 0 saturated heterocycles. The minimum atomic E-state index is -1.10. The van der Waals surface area contributed by atoms with E-state index in [9.17, 15) is 19.5 Å². The molecule has 9 nitrogen and oxygen atoms in total. The van der Waals surface area contributed by atoms with E-state index in [4.69, 9.17) is 4.74 Å². The Bertz CT molecular complexity index is 1250. The fraction of sp³-hybridized carbons (Fsp3) is 0.308. The number of hydrogen-bond acceptors (Lipinski definition) is 5. The van der Waals surface area contributed by atoms with Crippen molar-refractivity contribution in [2.45, 2.75) is 18.8 Å². The number of anilines is 1. The number of rotatable bonds is 8. The second-order valence-electron chi connectivity index (χ2n) is 9.04. The maximum atomic E-state index is 13.1. The van der Waals surface area contributed by atoms with Gasteiger partial charge in [-0.05, 0) is 41.0 Å². The Morgan fingerprint density at radius 1 is 1.09 bits per heavy atom. The van der Waals surface area contributed by atoms with Gasteiger partial charge in [0.25, 0.3) is 5.91 Å². The molecule has 2 amide bonds. The lowest BCUT2D eigenvalue weighted by molar-refractivity contribution is -0.137. The first kappa shape index (κ1) is 22.6. The smallest absolute Gasteiger partial charge is 0.411 e. The second kappa shape index (κ2) is 9.25. The summed E-state index contributed by atoms with van der Waals surface area (Å²) in [5.41, 5.74) is 4.63. The number of fused-ring (bicyclic) bond motifs is 3. The van der Waals surface area contributed by atoms with Crippen LogP contribution in [-0.4, -0.2) is 57.5 Å². The molecule has 1 saturated carbocycles. The van der Waals surface area contributed by atoms with Crippen LogP contribution in [0.25, 0.3) is 11.1 Å². The zero-order valence-corrected chi connectivity index (χ0v) is 19.3. The maximum absolute atomic E-state index is 13.1. The third-order valence-electron chi connectivity index (χ3n) is 6.40. The van der Waals surface area contributed by atoms with Crippen molar-refractivity contribution in [3.05, 3.63) is 71.5 Å². The van der Waals surface area contributed by atoms with E-state index in [0.29, 0.717) is 12.5 Å². The van der Waals surface area contributed by atoms with Crippen LogP contribution in [0.4, 0.5) is 10.5 Å². The molecule has 1 aromatic heterocycles. The summed E-state index contributed by atoms with van der Waals surface area (Å²) < 4.78 is 6.99. The summed E-state index contributed by atoms with van der Waals surface area (Å²) in [7, 11) is 1.63. The minimum absolute atomic E-state index is 0.0112. The van der Waals surface area contributed by atoms with Gasteiger partial charge in [-0.25, -0.2) is 4.79 Å². The Kier molecular flexibility index (Phi) is 5.98. The van der Waals surface area contributed by atoms with Gasteiger partial charge in [0, 0.05) is 25.7 Å². The predicted molar refractivity (Wildman–Crippen MR) is 128 cm³/mol. The molecule has 0 radical (unpaired) electrons. The number of hydrogen-bond donors (Lipinski definition) is 2. The lowest BCUT2D eigenvalue weighted by atomic mass is 9.98. The zero-order valence-electron chi connectivity index (χ0n) is 19.3. The number of nitrogens with zero attached hydrogens (tertiary/aromatic N) is 3. The largest absolute Gasteiger partial charge is 0.480 e. The Morgan fingerprint density at radius 2 is 1.71 bits per heavy atom. The topological polar surface area (TPSA) is 114 Å². The van der Waals surface area contributed by atoms with Crippen LogP contribution >= 0.6 is 0 Å². The van der Waals surface area contributed by atoms with Crippen molar-refractivity contribution < 1.29 is 24.2 Å². The van der Waals surface area contributed by atoms with Crippen molar-refractivity contribution >= 4 is 23.7 Å². The van der Waals surface area contributed by atoms with Crippen LogP contribution < -0.4 is 5.32 Å². The quantitative estimate of drug-likeness (QED) is 0.514. The summed E-state index contributed by atoms with van der Waals surface area (Å²) in [6.45, 7) is 0.0681. The van der Waals surface area contributed by atoms with Crippen molar-refractivity contribution in [3.63, 3.8) is 0 Å². The highest BCUT2D eigenvalue weighted by atomic mass is 16.5. The molecule has 5 rings (SSSR count). The first-order valence-corrected chi connectivity index (χ1v) is 11.6. The number of carboxylic acid groups (broad SMARTS) is 1. The van der Waals surface area contributed by atoms with Gasteiger partial charge in [0.05, 0.1) is 5.69 Å². The van der Waals surface area contributed by atoms with Crippen molar-refractivity contribution in [1.82, 2.24) is 14.7 Å². The number of aliphatic carboxylic acids is 1. The van der Waals surface area contributed by atoms with Crippen LogP contribution in [-0.2, 0) is 16.6 Å². The van der Waals surface area contributed by atoms with Crippen molar-refractivity contribution in [2.75, 3.05) is 25.0 Å². The third kappa shape index (κ3) is 4.75. The van der Waals surface area contributed by atoms with Gasteiger partial charge in [-0.15, -0.1) is 0 Å². The summed E-state index contributed by atoms with van der Waals surface area (Å²) in [4.78, 5) is 38.4. The first-order chi connectivity index (χ1) is 16.9. The average molecular weight is 475 g/mol. The highest BCUT2D eigenvalue weighted by Crippen LogP contribution is 2.44. The fourth-order valence-electron chi connectivity index (χ4n) is 4.63. The number of benzene rings is 2. The number of carbonyl (C=O) groups excluding carboxylic acids is 2. The van der Waals surface area contributed by atoms with Crippen LogP contribution in [0.1, 0.15) is 40.4 Å². The molecule has 3 aromatic rings. The predicted octanol–water partition coefficient (Wildman–Crippen LogP) is 3.72. The van der Waals surface area contributed by atoms with Gasteiger partial charge in [0.2, 0.25) is 0 Å². The van der Waals surface area contributed by atoms with E-state index in [2.05, 4.69) is 22.5 Å². The van der Waals surface area contributed by atoms with Crippen molar-refractivity contribution in [1.29, 1.82) is 0 Å². The molecule has 1 heterocycles. The van der Waals surface area contributed by atoms with E-state index >= 15 is 0 Å². The lowest BCUT2D eigenvalue weighted by Gasteiger charge is -2.20. The number of amides is 2. The van der Waals surface area contributed by atoms with Crippen LogP contribution in [0.15, 0.2) is 54.7 Å². The monoisotopic (exact) mass is 474 g/mol. The third-order valence-corrected chi connectivity index (χ3v) is 6.40. The summed E-state index contributed by atoms with van der Waals surface area (Å²) in [5.74, 6) is -1.41. The summed E-state index contributed by atoms with van der Waals surface area (Å²) >= 11 is 0. The van der Waals surface area contributed by atoms with Crippen molar-refractivity contribution in [2.24, 2.45) is 13.0 Å². The van der Waals surface area contributed by atoms with Gasteiger partial charge in [-0.3, -0.25) is 19.6 Å². The highest BCUT2D eigenvalue weighted by Gasteiger charge is 2.32. The molecule has 0 bridgehead atoms. The summed E-state index contributed by atoms with van der Waals surface area (Å²) in [6.07, 6.45) is 2.73. The molecule has 2 aliphatic carbocycles. The van der Waals surface area contributed by atoms with Crippen LogP contribution in [0.3, 0.4) is 0 Å². The molecule has 9 heteroatoms. The van der Waals surface area contributed by atoms with Gasteiger partial charge >= 0.3 is 12.1 Å². The van der Waals surface area contributed by atoms with E-state index in [-0.39, 0.29) is 23.9 Å². The van der Waals surface area contributed by atoms with Crippen molar-refractivity contribution in [3.8, 4) is 11.1 Å². The van der Waals surface area contributed by atoms with Gasteiger partial charge < -0.3 is 14.7 Å². The molecule has 180 valence electrons. The molecule has 2 aliphatic rings. The van der Waals surface area contributed by atoms with Crippen LogP contribution in [0.2, 0.25) is 0 Å². The Balaban J connectivity index is 1.29. The molecular weight excluding hydrogens is 448 g/mol. The molecular formula is C26H26N4O5. The number of carbonyl (C=O) groups is 3. The summed E-state index contributed by atoms with van der Waals surface area (Å²) in [6, 6.07) is 16.1. The fourth-order valence-corrected chi connectivity index (χ4v) is 4.63. The number of aryl methyl sites for hydroxylation is 1. The number of aromatic nitrogens is 2. The Hall–Kier alpha value is -4.14. The highest BCUT2D eigenvalue weighted by molar-refractivity contribution is 6.01. The molecule has 0 aliphatic heterocycles. The molecule has 0 spiro atoms. The van der Waals surface area contributed by atoms with Gasteiger partial charge in [-0.2, -0.15) is 5.10 Å². The normalized spacial score (nSPS) is 14.2. The molecule has 1 fully saturated rings. The van der Waals surface area contributed by atoms with Gasteiger partial charge in [0.15, 0.2) is 5.69 Å². The molecule has 2 aromatic carbocycles. The number of nitrogens with one attached hydrogen (secondary N) is 1. The lowest BCUT2D eigenvalue weighted by Crippen LogP contribution is -2.38. The average Bonchev–Trinajstić information content (AvgIpc) is 3.50. The van der Waals surface area contributed by atoms with Gasteiger partial charge in [0.1, 0.15) is 13.2 Å². The Labute approximate surface area is 202 Å². The number of ether oxygens (including phenoxy) is 1. The number of carboxylic acids is 1. The standard InChI is InChI=1S/C26H26N4O5/c1-29-13-22(24(28-29)25(33)30(14-23(31)32)12-16-10-11-16)27-26(34)35-15-21-19-8-4-2-6-17(19)18-7-3-5-9-20(18)21/h2-9,13,16,21H,10-12,14-15H2,1H3,(H,27,34)(H,31,32). The van der Waals surface area contributed by atoms with E-state index < -0.39 is 24.5 Å². The molecule has 2 N–H and O–H groups in total. The first-order valence-electron chi connectivity index (χ1n) is 11.6. The van der Waals surface area contributed by atoms with Gasteiger partial charge in [-0.1, -0.05) is 48.5 Å². The van der Waals surface area contributed by atoms with Crippen LogP contribution in [0.5, 0.6) is 0 Å². The maximum Gasteiger partial charge on any atom is 0.411 e. The zero-order chi connectivity index (χ0) is 24.5. The van der Waals surface area contributed by atoms with E-state index in [1.165, 1.54) is 15.8 Å². The minimum Gasteiger partial charge on any atom is -0.480 e. The molecule has 0 atom stereocenters. The van der Waals surface area contributed by atoms with E-state index in [1.54, 1.807) is 7.05 Å². The van der Waals surface area contributed by atoms with E-state index in [0.717, 1.165) is 35.1 Å². The van der Waals surface area contributed by atoms with E-state index in [1.807, 2.05) is 36.4 Å². The SMILES string of the molecule is Cn1cc(NC(=O)OCC2c3ccccc3-c3ccccc32)c(C(=O)N(CC(=O)O)CC2CC2)n1. The Morgan fingerprint density at radius 3 is 2.31 bits per heavy atom. The summed E-state index contributed by atoms with van der Waals surface area (Å²) in [5, 5.41) is 16.0. The second-order valence-corrected chi connectivity index (χ2v) is 9.04. The van der Waals surface area contributed by atoms with Crippen LogP contribution in [0, 0.1) is 5.92 Å². The molecule has 35 heavy (non-hydrogen) atoms. The molecule has 0 unspecified atom stereocenters.